The highest BCUT2D eigenvalue weighted by Crippen LogP contribution is 2.34. The SMILES string of the molecule is CCOC(=O)C1(C(=O)OCC)Cc2ccc(cc2)N=Nc2ccc(cc2)Sc2ccc(cc2)N=Nc2ccc(cc2)C1. The molecule has 0 fully saturated rings. The van der Waals surface area contributed by atoms with Gasteiger partial charge in [-0.05, 0) is 111 Å². The Balaban J connectivity index is 1.56. The van der Waals surface area contributed by atoms with Gasteiger partial charge in [-0.15, -0.1) is 0 Å². The van der Waals surface area contributed by atoms with Crippen LogP contribution in [0.2, 0.25) is 0 Å². The highest BCUT2D eigenvalue weighted by atomic mass is 32.2. The summed E-state index contributed by atoms with van der Waals surface area (Å²) in [7, 11) is 0. The normalized spacial score (nSPS) is 14.0. The van der Waals surface area contributed by atoms with Crippen LogP contribution in [0.3, 0.4) is 0 Å². The lowest BCUT2D eigenvalue weighted by atomic mass is 9.76. The van der Waals surface area contributed by atoms with E-state index in [1.165, 1.54) is 0 Å². The molecular weight excluding hydrogens is 548 g/mol. The zero-order valence-corrected chi connectivity index (χ0v) is 24.2. The molecule has 4 aromatic carbocycles. The van der Waals surface area contributed by atoms with Crippen molar-refractivity contribution in [3.05, 3.63) is 108 Å². The minimum Gasteiger partial charge on any atom is -0.465 e. The average Bonchev–Trinajstić information content (AvgIpc) is 3.01. The molecule has 7 aliphatic heterocycles. The van der Waals surface area contributed by atoms with E-state index in [0.29, 0.717) is 11.4 Å². The highest BCUT2D eigenvalue weighted by molar-refractivity contribution is 7.99. The van der Waals surface area contributed by atoms with E-state index in [-0.39, 0.29) is 26.1 Å². The molecule has 11 rings (SSSR count). The van der Waals surface area contributed by atoms with Crippen LogP contribution in [0.25, 0.3) is 0 Å². The number of azo groups is 2. The van der Waals surface area contributed by atoms with Crippen molar-refractivity contribution in [2.45, 2.75) is 36.5 Å². The minimum atomic E-state index is -1.58. The molecule has 0 spiro atoms. The van der Waals surface area contributed by atoms with Crippen molar-refractivity contribution >= 4 is 46.5 Å². The number of benzene rings is 4. The van der Waals surface area contributed by atoms with Gasteiger partial charge in [0, 0.05) is 9.79 Å². The standard InChI is InChI=1S/C33H30N4O4S/c1-3-40-31(38)33(32(39)41-4-2)21-23-5-9-25(10-6-23)34-36-27-13-17-29(18-14-27)42-30-19-15-28(16-20-30)37-35-26-11-7-24(22-33)8-12-26/h5-20H,3-4,21-22H2,1-2H3. The first-order valence-electron chi connectivity index (χ1n) is 13.7. The fraction of sp³-hybridized carbons (Fsp3) is 0.212. The first kappa shape index (κ1) is 28.9. The maximum Gasteiger partial charge on any atom is 0.324 e. The van der Waals surface area contributed by atoms with Crippen molar-refractivity contribution in [1.29, 1.82) is 0 Å². The molecule has 0 N–H and O–H groups in total. The Hall–Kier alpha value is -4.63. The summed E-state index contributed by atoms with van der Waals surface area (Å²) in [6.45, 7) is 3.71. The van der Waals surface area contributed by atoms with Crippen molar-refractivity contribution in [3.63, 3.8) is 0 Å². The summed E-state index contributed by atoms with van der Waals surface area (Å²) >= 11 is 1.65. The van der Waals surface area contributed by atoms with E-state index < -0.39 is 17.4 Å². The van der Waals surface area contributed by atoms with Crippen molar-refractivity contribution in [2.24, 2.45) is 25.9 Å². The van der Waals surface area contributed by atoms with Crippen LogP contribution in [0.5, 0.6) is 0 Å². The number of carbonyl (C=O) groups excluding carboxylic acids is 2. The molecule has 9 heteroatoms. The Kier molecular flexibility index (Phi) is 9.18. The summed E-state index contributed by atoms with van der Waals surface area (Å²) in [5, 5.41) is 17.5. The maximum absolute atomic E-state index is 13.5. The van der Waals surface area contributed by atoms with Crippen molar-refractivity contribution in [3.8, 4) is 0 Å². The molecule has 0 unspecified atom stereocenters. The van der Waals surface area contributed by atoms with E-state index in [9.17, 15) is 9.59 Å². The van der Waals surface area contributed by atoms with E-state index >= 15 is 0 Å². The molecule has 7 aliphatic rings. The Labute approximate surface area is 248 Å². The molecule has 8 bridgehead atoms. The van der Waals surface area contributed by atoms with Crippen LogP contribution in [-0.4, -0.2) is 25.2 Å². The van der Waals surface area contributed by atoms with Crippen LogP contribution >= 0.6 is 11.8 Å². The van der Waals surface area contributed by atoms with E-state index in [2.05, 4.69) is 20.5 Å². The monoisotopic (exact) mass is 578 g/mol. The van der Waals surface area contributed by atoms with Gasteiger partial charge in [0.05, 0.1) is 36.0 Å². The topological polar surface area (TPSA) is 102 Å². The molecule has 212 valence electrons. The van der Waals surface area contributed by atoms with Gasteiger partial charge in [-0.3, -0.25) is 9.59 Å². The predicted molar refractivity (Wildman–Crippen MR) is 161 cm³/mol. The lowest BCUT2D eigenvalue weighted by Crippen LogP contribution is -2.45. The van der Waals surface area contributed by atoms with Crippen LogP contribution in [0.1, 0.15) is 25.0 Å². The summed E-state index contributed by atoms with van der Waals surface area (Å²) in [4.78, 5) is 29.1. The van der Waals surface area contributed by atoms with Crippen LogP contribution in [0, 0.1) is 5.41 Å². The second kappa shape index (κ2) is 13.4. The molecule has 0 aromatic heterocycles. The molecule has 0 atom stereocenters. The lowest BCUT2D eigenvalue weighted by Gasteiger charge is -2.29. The van der Waals surface area contributed by atoms with E-state index in [1.807, 2.05) is 97.1 Å². The molecule has 0 amide bonds. The van der Waals surface area contributed by atoms with E-state index in [0.717, 1.165) is 32.3 Å². The summed E-state index contributed by atoms with van der Waals surface area (Å²) in [5.41, 5.74) is 2.70. The van der Waals surface area contributed by atoms with Crippen LogP contribution in [0.15, 0.2) is 127 Å². The predicted octanol–water partition coefficient (Wildman–Crippen LogP) is 8.88. The van der Waals surface area contributed by atoms with Gasteiger partial charge < -0.3 is 9.47 Å². The number of hydrogen-bond donors (Lipinski definition) is 0. The van der Waals surface area contributed by atoms with Gasteiger partial charge in [-0.25, -0.2) is 0 Å². The number of rotatable bonds is 4. The Morgan fingerprint density at radius 3 is 1.19 bits per heavy atom. The molecule has 0 saturated heterocycles. The Morgan fingerprint density at radius 2 is 0.881 bits per heavy atom. The number of carbonyl (C=O) groups is 2. The van der Waals surface area contributed by atoms with Crippen molar-refractivity contribution < 1.29 is 19.1 Å². The Morgan fingerprint density at radius 1 is 0.571 bits per heavy atom. The zero-order chi connectivity index (χ0) is 29.4. The second-order valence-electron chi connectivity index (χ2n) is 9.70. The van der Waals surface area contributed by atoms with Crippen molar-refractivity contribution in [1.82, 2.24) is 0 Å². The minimum absolute atomic E-state index is 0.0959. The number of esters is 2. The molecular formula is C33H30N4O4S. The first-order valence-corrected chi connectivity index (χ1v) is 14.5. The van der Waals surface area contributed by atoms with Crippen molar-refractivity contribution in [2.75, 3.05) is 13.2 Å². The van der Waals surface area contributed by atoms with Gasteiger partial charge >= 0.3 is 11.9 Å². The van der Waals surface area contributed by atoms with Crippen LogP contribution in [-0.2, 0) is 31.9 Å². The zero-order valence-electron chi connectivity index (χ0n) is 23.4. The summed E-state index contributed by atoms with van der Waals surface area (Å²) in [5.74, 6) is -1.25. The third-order valence-corrected chi connectivity index (χ3v) is 7.70. The van der Waals surface area contributed by atoms with Gasteiger partial charge in [-0.1, -0.05) is 36.0 Å². The Bertz CT molecular complexity index is 1460. The summed E-state index contributed by atoms with van der Waals surface area (Å²) in [6, 6.07) is 30.3. The number of nitrogens with zero attached hydrogens (tertiary/aromatic N) is 4. The smallest absolute Gasteiger partial charge is 0.324 e. The van der Waals surface area contributed by atoms with Crippen LogP contribution in [0.4, 0.5) is 22.7 Å². The molecule has 7 heterocycles. The molecule has 4 aromatic rings. The second-order valence-corrected chi connectivity index (χ2v) is 10.8. The fourth-order valence-electron chi connectivity index (χ4n) is 4.56. The van der Waals surface area contributed by atoms with E-state index in [1.54, 1.807) is 25.6 Å². The molecule has 0 radical (unpaired) electrons. The first-order chi connectivity index (χ1) is 20.5. The highest BCUT2D eigenvalue weighted by Gasteiger charge is 2.49. The largest absolute Gasteiger partial charge is 0.465 e. The number of hydrogen-bond acceptors (Lipinski definition) is 9. The molecule has 8 nitrogen and oxygen atoms in total. The lowest BCUT2D eigenvalue weighted by molar-refractivity contribution is -0.172. The number of ether oxygens (including phenoxy) is 2. The van der Waals surface area contributed by atoms with E-state index in [4.69, 9.17) is 9.47 Å². The molecule has 42 heavy (non-hydrogen) atoms. The fourth-order valence-corrected chi connectivity index (χ4v) is 5.38. The third kappa shape index (κ3) is 6.98. The quantitative estimate of drug-likeness (QED) is 0.178. The average molecular weight is 579 g/mol. The van der Waals surface area contributed by atoms with Crippen LogP contribution < -0.4 is 0 Å². The third-order valence-electron chi connectivity index (χ3n) is 6.69. The maximum atomic E-state index is 13.5. The summed E-state index contributed by atoms with van der Waals surface area (Å²) < 4.78 is 10.9. The molecule has 0 aliphatic carbocycles. The summed E-state index contributed by atoms with van der Waals surface area (Å²) in [6.07, 6.45) is 0.192. The van der Waals surface area contributed by atoms with Gasteiger partial charge in [-0.2, -0.15) is 20.5 Å². The van der Waals surface area contributed by atoms with Gasteiger partial charge in [0.15, 0.2) is 5.41 Å². The van der Waals surface area contributed by atoms with Gasteiger partial charge in [0.1, 0.15) is 0 Å². The van der Waals surface area contributed by atoms with Gasteiger partial charge in [0.2, 0.25) is 0 Å². The van der Waals surface area contributed by atoms with Gasteiger partial charge in [0.25, 0.3) is 0 Å². The molecule has 0 saturated carbocycles.